The summed E-state index contributed by atoms with van der Waals surface area (Å²) >= 11 is 0. The van der Waals surface area contributed by atoms with Gasteiger partial charge in [-0.1, -0.05) is 36.4 Å². The molecule has 0 saturated carbocycles. The summed E-state index contributed by atoms with van der Waals surface area (Å²) in [5, 5.41) is 3.09. The fourth-order valence-corrected chi connectivity index (χ4v) is 2.49. The van der Waals surface area contributed by atoms with Gasteiger partial charge in [0.2, 0.25) is 0 Å². The summed E-state index contributed by atoms with van der Waals surface area (Å²) in [6.07, 6.45) is 3.08. The topological polar surface area (TPSA) is 29.1 Å². The maximum Gasteiger partial charge on any atom is 0.187 e. The molecule has 0 radical (unpaired) electrons. The molecule has 0 atom stereocenters. The second kappa shape index (κ2) is 7.99. The Morgan fingerprint density at radius 2 is 1.21 bits per heavy atom. The number of hydrogen-bond acceptors (Lipinski definition) is 2. The molecule has 2 nitrogen and oxygen atoms in total. The van der Waals surface area contributed by atoms with Crippen molar-refractivity contribution in [3.05, 3.63) is 82.4 Å². The molecule has 1 heterocycles. The number of halogens is 3. The van der Waals surface area contributed by atoms with Crippen LogP contribution in [0.5, 0.6) is 0 Å². The minimum Gasteiger partial charge on any atom is -0.308 e. The van der Waals surface area contributed by atoms with Crippen molar-refractivity contribution in [2.75, 3.05) is 13.1 Å². The van der Waals surface area contributed by atoms with Gasteiger partial charge < -0.3 is 5.32 Å². The highest BCUT2D eigenvalue weighted by Crippen LogP contribution is 2.19. The third-order valence-corrected chi connectivity index (χ3v) is 3.68. The van der Waals surface area contributed by atoms with E-state index >= 15 is 0 Å². The van der Waals surface area contributed by atoms with Crippen LogP contribution in [0.3, 0.4) is 0 Å². The molecule has 1 aliphatic heterocycles. The zero-order chi connectivity index (χ0) is 16.2. The second-order valence-electron chi connectivity index (χ2n) is 5.31. The van der Waals surface area contributed by atoms with Gasteiger partial charge in [0.1, 0.15) is 11.6 Å². The van der Waals surface area contributed by atoms with E-state index in [1.54, 1.807) is 48.6 Å². The Labute approximate surface area is 145 Å². The van der Waals surface area contributed by atoms with Crippen molar-refractivity contribution in [3.8, 4) is 0 Å². The minimum atomic E-state index is -0.377. The van der Waals surface area contributed by atoms with E-state index < -0.39 is 0 Å². The fraction of sp³-hybridized carbons (Fsp3) is 0.105. The number of piperidine rings is 1. The van der Waals surface area contributed by atoms with Crippen molar-refractivity contribution in [1.82, 2.24) is 5.32 Å². The summed E-state index contributed by atoms with van der Waals surface area (Å²) < 4.78 is 27.5. The molecule has 0 spiro atoms. The molecule has 3 rings (SSSR count). The number of ketones is 1. The monoisotopic (exact) mass is 347 g/mol. The van der Waals surface area contributed by atoms with E-state index in [0.717, 1.165) is 0 Å². The van der Waals surface area contributed by atoms with E-state index in [4.69, 9.17) is 0 Å². The predicted octanol–water partition coefficient (Wildman–Crippen LogP) is 4.03. The highest BCUT2D eigenvalue weighted by Gasteiger charge is 2.20. The molecule has 1 N–H and O–H groups in total. The van der Waals surface area contributed by atoms with E-state index in [9.17, 15) is 13.6 Å². The van der Waals surface area contributed by atoms with Crippen LogP contribution in [0.4, 0.5) is 8.78 Å². The summed E-state index contributed by atoms with van der Waals surface area (Å²) in [4.78, 5) is 12.5. The van der Waals surface area contributed by atoms with Crippen LogP contribution in [0, 0.1) is 11.6 Å². The van der Waals surface area contributed by atoms with Gasteiger partial charge in [-0.2, -0.15) is 0 Å². The first-order chi connectivity index (χ1) is 11.1. The summed E-state index contributed by atoms with van der Waals surface area (Å²) in [6, 6.07) is 12.6. The number of carbonyl (C=O) groups excluding carboxylic acids is 1. The van der Waals surface area contributed by atoms with Gasteiger partial charge >= 0.3 is 0 Å². The molecule has 5 heteroatoms. The van der Waals surface area contributed by atoms with Crippen LogP contribution in [0.2, 0.25) is 0 Å². The molecule has 124 valence electrons. The number of nitrogens with one attached hydrogen (secondary N) is 1. The first-order valence-electron chi connectivity index (χ1n) is 7.31. The average molecular weight is 348 g/mol. The van der Waals surface area contributed by atoms with Gasteiger partial charge in [-0.05, 0) is 24.3 Å². The molecule has 0 amide bonds. The lowest BCUT2D eigenvalue weighted by atomic mass is 9.95. The largest absolute Gasteiger partial charge is 0.308 e. The van der Waals surface area contributed by atoms with Crippen molar-refractivity contribution in [2.24, 2.45) is 0 Å². The number of hydrogen-bond donors (Lipinski definition) is 1. The van der Waals surface area contributed by atoms with Crippen LogP contribution in [0.15, 0.2) is 59.7 Å². The molecule has 0 bridgehead atoms. The lowest BCUT2D eigenvalue weighted by Gasteiger charge is -2.18. The Balaban J connectivity index is 0.00000208. The van der Waals surface area contributed by atoms with Gasteiger partial charge in [0, 0.05) is 35.4 Å². The average Bonchev–Trinajstić information content (AvgIpc) is 2.55. The van der Waals surface area contributed by atoms with Crippen LogP contribution in [0.25, 0.3) is 12.2 Å². The van der Waals surface area contributed by atoms with Crippen LogP contribution in [-0.2, 0) is 4.79 Å². The van der Waals surface area contributed by atoms with Crippen molar-refractivity contribution < 1.29 is 13.6 Å². The lowest BCUT2D eigenvalue weighted by Crippen LogP contribution is -2.32. The first-order valence-corrected chi connectivity index (χ1v) is 7.31. The Bertz CT molecular complexity index is 749. The zero-order valence-corrected chi connectivity index (χ0v) is 13.6. The van der Waals surface area contributed by atoms with Gasteiger partial charge in [0.25, 0.3) is 0 Å². The summed E-state index contributed by atoms with van der Waals surface area (Å²) in [5.41, 5.74) is 1.66. The maximum atomic E-state index is 13.7. The van der Waals surface area contributed by atoms with E-state index in [2.05, 4.69) is 5.32 Å². The smallest absolute Gasteiger partial charge is 0.187 e. The molecular weight excluding hydrogens is 332 g/mol. The summed E-state index contributed by atoms with van der Waals surface area (Å²) in [5.74, 6) is -0.939. The molecule has 1 saturated heterocycles. The Kier molecular flexibility index (Phi) is 6.01. The minimum absolute atomic E-state index is 0. The van der Waals surface area contributed by atoms with E-state index in [-0.39, 0.29) is 29.8 Å². The number of benzene rings is 2. The molecule has 0 aromatic heterocycles. The highest BCUT2D eigenvalue weighted by atomic mass is 35.5. The predicted molar refractivity (Wildman–Crippen MR) is 93.9 cm³/mol. The number of rotatable bonds is 2. The van der Waals surface area contributed by atoms with Gasteiger partial charge in [-0.15, -0.1) is 12.4 Å². The molecular formula is C19H16ClF2NO. The standard InChI is InChI=1S/C19H15F2NO.ClH/c20-17-7-3-1-5-13(17)9-15-11-22-12-16(19(15)23)10-14-6-2-4-8-18(14)21;/h1-10,22H,11-12H2;1H/b15-9+,16-10+;. The maximum absolute atomic E-state index is 13.7. The molecule has 0 unspecified atom stereocenters. The number of Topliss-reactive ketones (excluding diaryl/α,β-unsaturated/α-hetero) is 1. The quantitative estimate of drug-likeness (QED) is 0.831. The summed E-state index contributed by atoms with van der Waals surface area (Å²) in [6.45, 7) is 0.726. The Morgan fingerprint density at radius 3 is 1.62 bits per heavy atom. The van der Waals surface area contributed by atoms with E-state index in [1.807, 2.05) is 0 Å². The Morgan fingerprint density at radius 1 is 0.792 bits per heavy atom. The van der Waals surface area contributed by atoms with Crippen molar-refractivity contribution >= 4 is 30.3 Å². The molecule has 1 fully saturated rings. The summed E-state index contributed by atoms with van der Waals surface area (Å²) in [7, 11) is 0. The normalized spacial score (nSPS) is 17.8. The third kappa shape index (κ3) is 3.96. The molecule has 2 aromatic carbocycles. The highest BCUT2D eigenvalue weighted by molar-refractivity contribution is 6.14. The van der Waals surface area contributed by atoms with Crippen LogP contribution < -0.4 is 5.32 Å². The SMILES string of the molecule is Cl.O=C1/C(=C/c2ccccc2F)CNC/C1=C\c1ccccc1F. The second-order valence-corrected chi connectivity index (χ2v) is 5.31. The molecule has 24 heavy (non-hydrogen) atoms. The molecule has 1 aliphatic rings. The zero-order valence-electron chi connectivity index (χ0n) is 12.8. The van der Waals surface area contributed by atoms with Crippen LogP contribution in [-0.4, -0.2) is 18.9 Å². The van der Waals surface area contributed by atoms with Crippen molar-refractivity contribution in [1.29, 1.82) is 0 Å². The molecule has 2 aromatic rings. The van der Waals surface area contributed by atoms with Gasteiger partial charge in [0.05, 0.1) is 0 Å². The van der Waals surface area contributed by atoms with E-state index in [1.165, 1.54) is 12.1 Å². The van der Waals surface area contributed by atoms with Gasteiger partial charge in [-0.25, -0.2) is 8.78 Å². The molecule has 0 aliphatic carbocycles. The number of carbonyl (C=O) groups is 1. The van der Waals surface area contributed by atoms with Crippen molar-refractivity contribution in [3.63, 3.8) is 0 Å². The van der Waals surface area contributed by atoms with Crippen molar-refractivity contribution in [2.45, 2.75) is 0 Å². The first kappa shape index (κ1) is 18.0. The third-order valence-electron chi connectivity index (χ3n) is 3.68. The Hall–Kier alpha value is -2.30. The van der Waals surface area contributed by atoms with Crippen LogP contribution in [0.1, 0.15) is 11.1 Å². The van der Waals surface area contributed by atoms with Gasteiger partial charge in [-0.3, -0.25) is 4.79 Å². The fourth-order valence-electron chi connectivity index (χ4n) is 2.49. The van der Waals surface area contributed by atoms with Crippen LogP contribution >= 0.6 is 12.4 Å². The van der Waals surface area contributed by atoms with E-state index in [0.29, 0.717) is 35.4 Å². The lowest BCUT2D eigenvalue weighted by molar-refractivity contribution is -0.112. The van der Waals surface area contributed by atoms with Gasteiger partial charge in [0.15, 0.2) is 5.78 Å².